The number of nitrogens with zero attached hydrogens (tertiary/aromatic N) is 8. The zero-order chi connectivity index (χ0) is 22.1. The highest BCUT2D eigenvalue weighted by Gasteiger charge is 2.16. The third kappa shape index (κ3) is 3.65. The lowest BCUT2D eigenvalue weighted by Gasteiger charge is -2.18. The number of fused-ring (bicyclic) bond motifs is 1. The second-order valence-electron chi connectivity index (χ2n) is 7.14. The predicted molar refractivity (Wildman–Crippen MR) is 120 cm³/mol. The van der Waals surface area contributed by atoms with Crippen LogP contribution in [0.15, 0.2) is 73.1 Å². The molecule has 10 nitrogen and oxygen atoms in total. The third-order valence-electron chi connectivity index (χ3n) is 4.94. The number of pyridine rings is 1. The normalized spacial score (nSPS) is 10.9. The van der Waals surface area contributed by atoms with Crippen LogP contribution < -0.4 is 10.2 Å². The molecule has 0 unspecified atom stereocenters. The van der Waals surface area contributed by atoms with Crippen LogP contribution in [0.3, 0.4) is 0 Å². The summed E-state index contributed by atoms with van der Waals surface area (Å²) in [7, 11) is 3.72. The number of nitrogens with one attached hydrogen (secondary N) is 1. The summed E-state index contributed by atoms with van der Waals surface area (Å²) in [6.07, 6.45) is 3.31. The van der Waals surface area contributed by atoms with Crippen molar-refractivity contribution in [3.63, 3.8) is 0 Å². The molecule has 0 saturated heterocycles. The van der Waals surface area contributed by atoms with Gasteiger partial charge in [0.2, 0.25) is 5.82 Å². The van der Waals surface area contributed by atoms with Gasteiger partial charge in [-0.1, -0.05) is 18.2 Å². The summed E-state index contributed by atoms with van der Waals surface area (Å²) in [4.78, 5) is 19.0. The number of carbonyl (C=O) groups is 1. The SMILES string of the molecule is CN(c1ccccc1)c1ccc2nnc(-c3cc(C(=O)Nc4ccn(C)n4)ccn3)n2n1. The minimum absolute atomic E-state index is 0.293. The Labute approximate surface area is 183 Å². The average molecular weight is 425 g/mol. The molecule has 0 fully saturated rings. The Balaban J connectivity index is 1.48. The molecule has 1 aromatic carbocycles. The molecule has 5 aromatic rings. The third-order valence-corrected chi connectivity index (χ3v) is 4.94. The number of carbonyl (C=O) groups excluding carboxylic acids is 1. The van der Waals surface area contributed by atoms with Gasteiger partial charge in [-0.05, 0) is 36.4 Å². The van der Waals surface area contributed by atoms with Gasteiger partial charge in [-0.2, -0.15) is 9.61 Å². The van der Waals surface area contributed by atoms with Gasteiger partial charge in [0.15, 0.2) is 17.3 Å². The van der Waals surface area contributed by atoms with Crippen molar-refractivity contribution in [3.05, 3.63) is 78.6 Å². The highest BCUT2D eigenvalue weighted by atomic mass is 16.1. The standard InChI is InChI=1S/C22H19N9O/c1-29-13-11-18(27-29)24-22(32)15-10-12-23-17(14-15)21-26-25-19-8-9-20(28-31(19)21)30(2)16-6-4-3-5-7-16/h3-14H,1-2H3,(H,24,27,32). The van der Waals surface area contributed by atoms with E-state index < -0.39 is 0 Å². The van der Waals surface area contributed by atoms with E-state index in [2.05, 4.69) is 25.6 Å². The second kappa shape index (κ2) is 7.91. The van der Waals surface area contributed by atoms with Crippen LogP contribution in [-0.2, 0) is 7.05 Å². The number of amides is 1. The van der Waals surface area contributed by atoms with Gasteiger partial charge in [0.25, 0.3) is 5.91 Å². The van der Waals surface area contributed by atoms with Crippen LogP contribution in [0.2, 0.25) is 0 Å². The molecule has 4 aromatic heterocycles. The molecule has 158 valence electrons. The maximum atomic E-state index is 12.7. The van der Waals surface area contributed by atoms with Crippen molar-refractivity contribution in [3.8, 4) is 11.5 Å². The first-order valence-electron chi connectivity index (χ1n) is 9.87. The first-order valence-corrected chi connectivity index (χ1v) is 9.87. The number of benzene rings is 1. The van der Waals surface area contributed by atoms with Crippen LogP contribution in [0.4, 0.5) is 17.3 Å². The first kappa shape index (κ1) is 19.4. The van der Waals surface area contributed by atoms with Crippen molar-refractivity contribution >= 4 is 28.9 Å². The van der Waals surface area contributed by atoms with E-state index in [1.807, 2.05) is 54.4 Å². The molecule has 0 saturated carbocycles. The highest BCUT2D eigenvalue weighted by Crippen LogP contribution is 2.23. The Hall–Kier alpha value is -4.60. The minimum atomic E-state index is -0.293. The molecule has 0 aliphatic rings. The molecule has 0 spiro atoms. The Kier molecular flexibility index (Phi) is 4.79. The van der Waals surface area contributed by atoms with Gasteiger partial charge in [0, 0.05) is 43.8 Å². The Morgan fingerprint density at radius 3 is 2.62 bits per heavy atom. The molecule has 1 N–H and O–H groups in total. The molecule has 1 amide bonds. The molecule has 0 aliphatic carbocycles. The van der Waals surface area contributed by atoms with Gasteiger partial charge in [-0.25, -0.2) is 0 Å². The summed E-state index contributed by atoms with van der Waals surface area (Å²) in [6.45, 7) is 0. The van der Waals surface area contributed by atoms with Crippen molar-refractivity contribution < 1.29 is 4.79 Å². The number of aromatic nitrogens is 7. The van der Waals surface area contributed by atoms with Gasteiger partial charge in [0.05, 0.1) is 0 Å². The highest BCUT2D eigenvalue weighted by molar-refractivity contribution is 6.04. The molecule has 0 bridgehead atoms. The van der Waals surface area contributed by atoms with E-state index in [-0.39, 0.29) is 5.91 Å². The number of anilines is 3. The van der Waals surface area contributed by atoms with E-state index in [9.17, 15) is 4.79 Å². The second-order valence-corrected chi connectivity index (χ2v) is 7.14. The molecule has 4 heterocycles. The van der Waals surface area contributed by atoms with Crippen LogP contribution in [0, 0.1) is 0 Å². The fourth-order valence-electron chi connectivity index (χ4n) is 3.27. The summed E-state index contributed by atoms with van der Waals surface area (Å²) < 4.78 is 3.24. The lowest BCUT2D eigenvalue weighted by atomic mass is 10.2. The van der Waals surface area contributed by atoms with Crippen LogP contribution in [-0.4, -0.2) is 47.5 Å². The van der Waals surface area contributed by atoms with E-state index >= 15 is 0 Å². The lowest BCUT2D eigenvalue weighted by molar-refractivity contribution is 0.102. The summed E-state index contributed by atoms with van der Waals surface area (Å²) in [6, 6.07) is 18.7. The van der Waals surface area contributed by atoms with Crippen LogP contribution in [0.1, 0.15) is 10.4 Å². The summed E-state index contributed by atoms with van der Waals surface area (Å²) >= 11 is 0. The zero-order valence-corrected chi connectivity index (χ0v) is 17.4. The van der Waals surface area contributed by atoms with Gasteiger partial charge >= 0.3 is 0 Å². The molecule has 5 rings (SSSR count). The number of rotatable bonds is 5. The minimum Gasteiger partial charge on any atom is -0.328 e. The average Bonchev–Trinajstić information content (AvgIpc) is 3.44. The lowest BCUT2D eigenvalue weighted by Crippen LogP contribution is -2.14. The van der Waals surface area contributed by atoms with Crippen molar-refractivity contribution in [2.45, 2.75) is 0 Å². The van der Waals surface area contributed by atoms with E-state index in [4.69, 9.17) is 5.10 Å². The van der Waals surface area contributed by atoms with E-state index in [1.54, 1.807) is 46.8 Å². The fraction of sp³-hybridized carbons (Fsp3) is 0.0909. The molecule has 32 heavy (non-hydrogen) atoms. The maximum absolute atomic E-state index is 12.7. The monoisotopic (exact) mass is 425 g/mol. The predicted octanol–water partition coefficient (Wildman–Crippen LogP) is 2.94. The maximum Gasteiger partial charge on any atom is 0.256 e. The van der Waals surface area contributed by atoms with Crippen molar-refractivity contribution in [1.82, 2.24) is 34.6 Å². The van der Waals surface area contributed by atoms with Crippen molar-refractivity contribution in [2.75, 3.05) is 17.3 Å². The van der Waals surface area contributed by atoms with E-state index in [0.717, 1.165) is 5.69 Å². The largest absolute Gasteiger partial charge is 0.328 e. The number of hydrogen-bond donors (Lipinski definition) is 1. The molecule has 0 aliphatic heterocycles. The van der Waals surface area contributed by atoms with Crippen LogP contribution in [0.25, 0.3) is 17.2 Å². The van der Waals surface area contributed by atoms with E-state index in [0.29, 0.717) is 34.4 Å². The molecule has 10 heteroatoms. The van der Waals surface area contributed by atoms with Gasteiger partial charge in [-0.15, -0.1) is 15.3 Å². The topological polar surface area (TPSA) is 106 Å². The van der Waals surface area contributed by atoms with Crippen molar-refractivity contribution in [2.24, 2.45) is 7.05 Å². The first-order chi connectivity index (χ1) is 15.6. The Bertz CT molecular complexity index is 1410. The van der Waals surface area contributed by atoms with Crippen LogP contribution in [0.5, 0.6) is 0 Å². The van der Waals surface area contributed by atoms with E-state index in [1.165, 1.54) is 0 Å². The summed E-state index contributed by atoms with van der Waals surface area (Å²) in [5, 5.41) is 20.1. The van der Waals surface area contributed by atoms with Gasteiger partial charge < -0.3 is 10.2 Å². The number of aryl methyl sites for hydroxylation is 1. The summed E-state index contributed by atoms with van der Waals surface area (Å²) in [5.74, 6) is 1.34. The Morgan fingerprint density at radius 1 is 1.00 bits per heavy atom. The summed E-state index contributed by atoms with van der Waals surface area (Å²) in [5.41, 5.74) is 2.49. The Morgan fingerprint density at radius 2 is 1.84 bits per heavy atom. The van der Waals surface area contributed by atoms with Crippen LogP contribution >= 0.6 is 0 Å². The molecule has 0 radical (unpaired) electrons. The quantitative estimate of drug-likeness (QED) is 0.461. The number of hydrogen-bond acceptors (Lipinski definition) is 7. The fourth-order valence-corrected chi connectivity index (χ4v) is 3.27. The van der Waals surface area contributed by atoms with Crippen molar-refractivity contribution in [1.29, 1.82) is 0 Å². The van der Waals surface area contributed by atoms with Gasteiger partial charge in [-0.3, -0.25) is 14.5 Å². The number of para-hydroxylation sites is 1. The smallest absolute Gasteiger partial charge is 0.256 e. The molecular weight excluding hydrogens is 406 g/mol. The van der Waals surface area contributed by atoms with Gasteiger partial charge in [0.1, 0.15) is 5.69 Å². The molecule has 0 atom stereocenters. The molecular formula is C22H19N9O. The zero-order valence-electron chi connectivity index (χ0n) is 17.4.